The van der Waals surface area contributed by atoms with E-state index in [1.54, 1.807) is 6.07 Å². The molecule has 1 rings (SSSR count). The first kappa shape index (κ1) is 12.7. The first-order chi connectivity index (χ1) is 7.83. The fourth-order valence-electron chi connectivity index (χ4n) is 1.30. The molecule has 0 bridgehead atoms. The molecule has 3 heteroatoms. The third-order valence-corrected chi connectivity index (χ3v) is 2.10. The number of ether oxygens (including phenoxy) is 1. The van der Waals surface area contributed by atoms with Gasteiger partial charge in [-0.3, -0.25) is 0 Å². The molecule has 0 radical (unpaired) electrons. The lowest BCUT2D eigenvalue weighted by Crippen LogP contribution is -2.09. The summed E-state index contributed by atoms with van der Waals surface area (Å²) in [6, 6.07) is 6.41. The molecule has 0 saturated heterocycles. The summed E-state index contributed by atoms with van der Waals surface area (Å²) in [6.07, 6.45) is 3.87. The van der Waals surface area contributed by atoms with Gasteiger partial charge in [0.05, 0.1) is 6.61 Å². The smallest absolute Gasteiger partial charge is 0.125 e. The summed E-state index contributed by atoms with van der Waals surface area (Å²) < 4.78 is 18.2. The van der Waals surface area contributed by atoms with Gasteiger partial charge in [0.25, 0.3) is 0 Å². The van der Waals surface area contributed by atoms with E-state index in [4.69, 9.17) is 4.74 Å². The zero-order chi connectivity index (χ0) is 11.6. The van der Waals surface area contributed by atoms with Crippen LogP contribution in [0.5, 0.6) is 0 Å². The van der Waals surface area contributed by atoms with Gasteiger partial charge >= 0.3 is 0 Å². The maximum absolute atomic E-state index is 12.8. The van der Waals surface area contributed by atoms with Gasteiger partial charge in [0, 0.05) is 18.8 Å². The number of allylic oxidation sites excluding steroid dienone is 1. The largest absolute Gasteiger partial charge is 0.383 e. The highest BCUT2D eigenvalue weighted by molar-refractivity contribution is 5.42. The highest BCUT2D eigenvalue weighted by atomic mass is 19.1. The fraction of sp³-hybridized carbons (Fsp3) is 0.385. The molecule has 0 aromatic heterocycles. The summed E-state index contributed by atoms with van der Waals surface area (Å²) in [4.78, 5) is 0. The van der Waals surface area contributed by atoms with Crippen molar-refractivity contribution in [3.05, 3.63) is 42.7 Å². The van der Waals surface area contributed by atoms with Crippen LogP contribution >= 0.6 is 0 Å². The molecule has 0 spiro atoms. The second-order valence-corrected chi connectivity index (χ2v) is 3.48. The van der Waals surface area contributed by atoms with Gasteiger partial charge in [-0.2, -0.15) is 0 Å². The van der Waals surface area contributed by atoms with Crippen molar-refractivity contribution in [1.29, 1.82) is 0 Å². The third-order valence-electron chi connectivity index (χ3n) is 2.10. The zero-order valence-electron chi connectivity index (χ0n) is 9.42. The van der Waals surface area contributed by atoms with Gasteiger partial charge in [-0.1, -0.05) is 12.1 Å². The maximum Gasteiger partial charge on any atom is 0.125 e. The summed E-state index contributed by atoms with van der Waals surface area (Å²) in [6.45, 7) is 5.71. The minimum Gasteiger partial charge on any atom is -0.383 e. The van der Waals surface area contributed by atoms with Crippen molar-refractivity contribution in [1.82, 2.24) is 0 Å². The lowest BCUT2D eigenvalue weighted by atomic mass is 10.3. The third kappa shape index (κ3) is 5.51. The van der Waals surface area contributed by atoms with Crippen molar-refractivity contribution in [3.63, 3.8) is 0 Å². The molecular formula is C13H18FNO. The highest BCUT2D eigenvalue weighted by Crippen LogP contribution is 2.08. The van der Waals surface area contributed by atoms with Crippen LogP contribution in [0.3, 0.4) is 0 Å². The van der Waals surface area contributed by atoms with Crippen LogP contribution in [-0.4, -0.2) is 19.8 Å². The molecule has 16 heavy (non-hydrogen) atoms. The Kier molecular flexibility index (Phi) is 6.26. The Labute approximate surface area is 96.1 Å². The number of halogens is 1. The number of unbranched alkanes of at least 4 members (excludes halogenated alkanes) is 1. The topological polar surface area (TPSA) is 21.3 Å². The van der Waals surface area contributed by atoms with Crippen molar-refractivity contribution in [3.8, 4) is 0 Å². The van der Waals surface area contributed by atoms with Crippen LogP contribution in [0.25, 0.3) is 0 Å². The first-order valence-electron chi connectivity index (χ1n) is 5.51. The molecule has 0 aliphatic heterocycles. The molecule has 0 fully saturated rings. The number of hydrogen-bond donors (Lipinski definition) is 1. The van der Waals surface area contributed by atoms with Crippen LogP contribution in [0.15, 0.2) is 36.9 Å². The van der Waals surface area contributed by atoms with Crippen LogP contribution in [0, 0.1) is 5.82 Å². The average Bonchev–Trinajstić information content (AvgIpc) is 2.28. The molecule has 1 N–H and O–H groups in total. The van der Waals surface area contributed by atoms with Crippen LogP contribution < -0.4 is 5.32 Å². The normalized spacial score (nSPS) is 10.1. The Bertz CT molecular complexity index is 315. The van der Waals surface area contributed by atoms with Crippen molar-refractivity contribution in [2.75, 3.05) is 25.1 Å². The van der Waals surface area contributed by atoms with E-state index in [0.29, 0.717) is 13.2 Å². The molecule has 0 aliphatic carbocycles. The molecule has 0 saturated carbocycles. The number of anilines is 1. The molecule has 0 amide bonds. The Morgan fingerprint density at radius 3 is 3.00 bits per heavy atom. The van der Waals surface area contributed by atoms with Crippen molar-refractivity contribution in [2.45, 2.75) is 12.8 Å². The molecular weight excluding hydrogens is 205 g/mol. The van der Waals surface area contributed by atoms with E-state index in [9.17, 15) is 4.39 Å². The molecule has 1 aromatic rings. The summed E-state index contributed by atoms with van der Waals surface area (Å²) in [5.41, 5.74) is 0.787. The van der Waals surface area contributed by atoms with E-state index in [1.807, 2.05) is 12.1 Å². The summed E-state index contributed by atoms with van der Waals surface area (Å²) in [7, 11) is 0. The van der Waals surface area contributed by atoms with Gasteiger partial charge in [-0.15, -0.1) is 6.58 Å². The highest BCUT2D eigenvalue weighted by Gasteiger charge is 1.93. The Morgan fingerprint density at radius 1 is 1.38 bits per heavy atom. The lowest BCUT2D eigenvalue weighted by molar-refractivity contribution is 0.142. The van der Waals surface area contributed by atoms with Crippen molar-refractivity contribution in [2.24, 2.45) is 0 Å². The fourth-order valence-corrected chi connectivity index (χ4v) is 1.30. The number of hydrogen-bond acceptors (Lipinski definition) is 2. The van der Waals surface area contributed by atoms with Gasteiger partial charge in [0.2, 0.25) is 0 Å². The van der Waals surface area contributed by atoms with Gasteiger partial charge in [0.15, 0.2) is 0 Å². The van der Waals surface area contributed by atoms with E-state index in [2.05, 4.69) is 11.9 Å². The molecule has 1 aromatic carbocycles. The quantitative estimate of drug-likeness (QED) is 0.539. The number of rotatable bonds is 8. The Balaban J connectivity index is 2.05. The van der Waals surface area contributed by atoms with Crippen LogP contribution in [0.4, 0.5) is 10.1 Å². The van der Waals surface area contributed by atoms with Gasteiger partial charge < -0.3 is 10.1 Å². The second kappa shape index (κ2) is 7.88. The lowest BCUT2D eigenvalue weighted by Gasteiger charge is -2.06. The molecule has 0 unspecified atom stereocenters. The average molecular weight is 223 g/mol. The van der Waals surface area contributed by atoms with Crippen LogP contribution in [-0.2, 0) is 4.74 Å². The summed E-state index contributed by atoms with van der Waals surface area (Å²) >= 11 is 0. The van der Waals surface area contributed by atoms with E-state index in [1.165, 1.54) is 12.1 Å². The molecule has 2 nitrogen and oxygen atoms in total. The Morgan fingerprint density at radius 2 is 2.25 bits per heavy atom. The van der Waals surface area contributed by atoms with Gasteiger partial charge in [-0.25, -0.2) is 4.39 Å². The van der Waals surface area contributed by atoms with Crippen LogP contribution in [0.2, 0.25) is 0 Å². The Hall–Kier alpha value is -1.35. The molecule has 88 valence electrons. The van der Waals surface area contributed by atoms with E-state index >= 15 is 0 Å². The zero-order valence-corrected chi connectivity index (χ0v) is 9.42. The van der Waals surface area contributed by atoms with Crippen molar-refractivity contribution < 1.29 is 9.13 Å². The molecule has 0 heterocycles. The van der Waals surface area contributed by atoms with Crippen molar-refractivity contribution >= 4 is 5.69 Å². The van der Waals surface area contributed by atoms with Gasteiger partial charge in [-0.05, 0) is 31.0 Å². The molecule has 0 atom stereocenters. The minimum atomic E-state index is -0.225. The predicted octanol–water partition coefficient (Wildman–Crippen LogP) is 3.22. The van der Waals surface area contributed by atoms with Gasteiger partial charge in [0.1, 0.15) is 5.82 Å². The first-order valence-corrected chi connectivity index (χ1v) is 5.51. The molecule has 0 aliphatic rings. The second-order valence-electron chi connectivity index (χ2n) is 3.48. The van der Waals surface area contributed by atoms with E-state index in [-0.39, 0.29) is 5.82 Å². The summed E-state index contributed by atoms with van der Waals surface area (Å²) in [5, 5.41) is 3.09. The standard InChI is InChI=1S/C13H18FNO/c1-2-3-4-9-16-10-8-15-13-7-5-6-12(14)11-13/h2,5-7,11,15H,1,3-4,8-10H2. The predicted molar refractivity (Wildman–Crippen MR) is 65.1 cm³/mol. The van der Waals surface area contributed by atoms with E-state index < -0.39 is 0 Å². The summed E-state index contributed by atoms with van der Waals surface area (Å²) in [5.74, 6) is -0.225. The minimum absolute atomic E-state index is 0.225. The van der Waals surface area contributed by atoms with E-state index in [0.717, 1.165) is 25.1 Å². The van der Waals surface area contributed by atoms with Crippen LogP contribution in [0.1, 0.15) is 12.8 Å². The SMILES string of the molecule is C=CCCCOCCNc1cccc(F)c1. The number of nitrogens with one attached hydrogen (secondary N) is 1. The maximum atomic E-state index is 12.8. The monoisotopic (exact) mass is 223 g/mol. The number of benzene rings is 1.